The van der Waals surface area contributed by atoms with Crippen molar-refractivity contribution in [3.63, 3.8) is 0 Å². The van der Waals surface area contributed by atoms with Gasteiger partial charge in [-0.3, -0.25) is 4.79 Å². The van der Waals surface area contributed by atoms with Crippen LogP contribution in [0, 0.1) is 12.7 Å². The topological polar surface area (TPSA) is 93.1 Å². The van der Waals surface area contributed by atoms with Gasteiger partial charge in [0.25, 0.3) is 0 Å². The Morgan fingerprint density at radius 2 is 1.84 bits per heavy atom. The van der Waals surface area contributed by atoms with Crippen LogP contribution in [0.5, 0.6) is 0 Å². The van der Waals surface area contributed by atoms with Gasteiger partial charge in [-0.1, -0.05) is 29.8 Å². The molecule has 200 valence electrons. The number of nitrogens with one attached hydrogen (secondary N) is 2. The number of alkyl halides is 3. The molecule has 1 amide bonds. The average molecular weight is 561 g/mol. The summed E-state index contributed by atoms with van der Waals surface area (Å²) in [6.07, 6.45) is -3.75. The zero-order valence-corrected chi connectivity index (χ0v) is 21.9. The predicted octanol–water partition coefficient (Wildman–Crippen LogP) is 5.02. The van der Waals surface area contributed by atoms with Crippen LogP contribution < -0.4 is 10.0 Å². The maximum atomic E-state index is 14.7. The van der Waals surface area contributed by atoms with E-state index in [-0.39, 0.29) is 29.1 Å². The first-order valence-corrected chi connectivity index (χ1v) is 13.3. The SMILES string of the molecule is Cc1c(C(F)(F)F)nn(-c2cccc(Cl)c2)c1CNC(=O)C(C)c1ccc(C(C)NS(C)(=O)=O)c(F)c1. The van der Waals surface area contributed by atoms with E-state index in [0.717, 1.165) is 17.0 Å². The summed E-state index contributed by atoms with van der Waals surface area (Å²) >= 11 is 6.00. The first-order chi connectivity index (χ1) is 17.1. The van der Waals surface area contributed by atoms with Crippen molar-refractivity contribution in [2.45, 2.75) is 45.5 Å². The van der Waals surface area contributed by atoms with Gasteiger partial charge in [0.2, 0.25) is 15.9 Å². The lowest BCUT2D eigenvalue weighted by Gasteiger charge is -2.17. The molecule has 0 fully saturated rings. The van der Waals surface area contributed by atoms with Crippen LogP contribution in [0.3, 0.4) is 0 Å². The Kier molecular flexibility index (Phi) is 8.35. The van der Waals surface area contributed by atoms with Crippen molar-refractivity contribution in [3.8, 4) is 5.69 Å². The van der Waals surface area contributed by atoms with Crippen LogP contribution in [-0.2, 0) is 27.5 Å². The van der Waals surface area contributed by atoms with E-state index in [4.69, 9.17) is 11.6 Å². The van der Waals surface area contributed by atoms with Gasteiger partial charge in [-0.05, 0) is 50.6 Å². The minimum Gasteiger partial charge on any atom is -0.350 e. The summed E-state index contributed by atoms with van der Waals surface area (Å²) in [6.45, 7) is 3.99. The highest BCUT2D eigenvalue weighted by atomic mass is 35.5. The Balaban J connectivity index is 1.83. The Morgan fingerprint density at radius 3 is 2.41 bits per heavy atom. The second-order valence-electron chi connectivity index (χ2n) is 8.64. The van der Waals surface area contributed by atoms with Gasteiger partial charge in [0.15, 0.2) is 5.69 Å². The number of hydrogen-bond donors (Lipinski definition) is 2. The van der Waals surface area contributed by atoms with Gasteiger partial charge in [0.1, 0.15) is 5.82 Å². The monoisotopic (exact) mass is 560 g/mol. The molecule has 2 aromatic carbocycles. The maximum Gasteiger partial charge on any atom is 0.435 e. The van der Waals surface area contributed by atoms with Gasteiger partial charge in [0.05, 0.1) is 30.1 Å². The predicted molar refractivity (Wildman–Crippen MR) is 131 cm³/mol. The molecule has 0 aliphatic carbocycles. The highest BCUT2D eigenvalue weighted by Gasteiger charge is 2.38. The maximum absolute atomic E-state index is 14.7. The summed E-state index contributed by atoms with van der Waals surface area (Å²) in [6, 6.07) is 9.29. The fourth-order valence-electron chi connectivity index (χ4n) is 3.85. The molecule has 0 aliphatic rings. The second-order valence-corrected chi connectivity index (χ2v) is 10.9. The van der Waals surface area contributed by atoms with Crippen molar-refractivity contribution in [2.75, 3.05) is 6.26 Å². The Morgan fingerprint density at radius 1 is 1.16 bits per heavy atom. The van der Waals surface area contributed by atoms with Gasteiger partial charge in [-0.15, -0.1) is 0 Å². The summed E-state index contributed by atoms with van der Waals surface area (Å²) in [5.41, 5.74) is -0.429. The summed E-state index contributed by atoms with van der Waals surface area (Å²) in [5, 5.41) is 6.62. The van der Waals surface area contributed by atoms with Crippen molar-refractivity contribution in [1.82, 2.24) is 19.8 Å². The number of benzene rings is 2. The van der Waals surface area contributed by atoms with E-state index in [1.54, 1.807) is 12.1 Å². The molecule has 1 aromatic heterocycles. The molecule has 3 rings (SSSR count). The Hall–Kier alpha value is -2.96. The van der Waals surface area contributed by atoms with E-state index in [1.807, 2.05) is 0 Å². The van der Waals surface area contributed by atoms with Gasteiger partial charge < -0.3 is 5.32 Å². The van der Waals surface area contributed by atoms with Crippen LogP contribution in [0.2, 0.25) is 5.02 Å². The highest BCUT2D eigenvalue weighted by Crippen LogP contribution is 2.33. The summed E-state index contributed by atoms with van der Waals surface area (Å²) in [5.74, 6) is -2.11. The normalized spacial score (nSPS) is 13.9. The number of hydrogen-bond acceptors (Lipinski definition) is 4. The molecule has 2 N–H and O–H groups in total. The van der Waals surface area contributed by atoms with Gasteiger partial charge in [0, 0.05) is 22.2 Å². The molecular formula is C24H25ClF4N4O3S. The second kappa shape index (κ2) is 10.8. The number of nitrogens with zero attached hydrogens (tertiary/aromatic N) is 2. The van der Waals surface area contributed by atoms with Crippen molar-refractivity contribution in [2.24, 2.45) is 0 Å². The molecule has 13 heteroatoms. The average Bonchev–Trinajstić information content (AvgIpc) is 3.12. The lowest BCUT2D eigenvalue weighted by Crippen LogP contribution is -2.29. The summed E-state index contributed by atoms with van der Waals surface area (Å²) < 4.78 is 81.5. The van der Waals surface area contributed by atoms with Crippen molar-refractivity contribution < 1.29 is 30.8 Å². The molecular weight excluding hydrogens is 536 g/mol. The number of rotatable bonds is 8. The molecule has 1 heterocycles. The third kappa shape index (κ3) is 6.88. The van der Waals surface area contributed by atoms with Crippen LogP contribution in [0.25, 0.3) is 5.69 Å². The molecule has 0 saturated heterocycles. The molecule has 2 unspecified atom stereocenters. The first-order valence-electron chi connectivity index (χ1n) is 11.0. The van der Waals surface area contributed by atoms with Crippen LogP contribution >= 0.6 is 11.6 Å². The number of aromatic nitrogens is 2. The molecule has 0 bridgehead atoms. The van der Waals surface area contributed by atoms with Crippen LogP contribution in [0.4, 0.5) is 17.6 Å². The lowest BCUT2D eigenvalue weighted by atomic mass is 9.97. The lowest BCUT2D eigenvalue weighted by molar-refractivity contribution is -0.141. The van der Waals surface area contributed by atoms with E-state index in [1.165, 1.54) is 45.0 Å². The number of sulfonamides is 1. The molecule has 0 saturated carbocycles. The molecule has 0 aliphatic heterocycles. The third-order valence-corrected chi connectivity index (χ3v) is 6.79. The van der Waals surface area contributed by atoms with Crippen LogP contribution in [0.1, 0.15) is 53.9 Å². The number of halogens is 5. The van der Waals surface area contributed by atoms with E-state index >= 15 is 0 Å². The molecule has 3 aromatic rings. The fraction of sp³-hybridized carbons (Fsp3) is 0.333. The largest absolute Gasteiger partial charge is 0.435 e. The first kappa shape index (κ1) is 28.6. The minimum atomic E-state index is -4.71. The minimum absolute atomic E-state index is 0.0995. The van der Waals surface area contributed by atoms with Crippen molar-refractivity contribution in [3.05, 3.63) is 81.4 Å². The summed E-state index contributed by atoms with van der Waals surface area (Å²) in [4.78, 5) is 12.9. The number of carbonyl (C=O) groups is 1. The quantitative estimate of drug-likeness (QED) is 0.378. The fourth-order valence-corrected chi connectivity index (χ4v) is 4.81. The van der Waals surface area contributed by atoms with E-state index in [9.17, 15) is 30.8 Å². The van der Waals surface area contributed by atoms with E-state index in [2.05, 4.69) is 15.1 Å². The molecule has 2 atom stereocenters. The van der Waals surface area contributed by atoms with Gasteiger partial charge >= 0.3 is 6.18 Å². The van der Waals surface area contributed by atoms with Crippen LogP contribution in [-0.4, -0.2) is 30.4 Å². The third-order valence-electron chi connectivity index (χ3n) is 5.77. The number of carbonyl (C=O) groups excluding carboxylic acids is 1. The smallest absolute Gasteiger partial charge is 0.350 e. The molecule has 37 heavy (non-hydrogen) atoms. The van der Waals surface area contributed by atoms with Crippen molar-refractivity contribution >= 4 is 27.5 Å². The van der Waals surface area contributed by atoms with E-state index < -0.39 is 45.6 Å². The van der Waals surface area contributed by atoms with Gasteiger partial charge in [-0.25, -0.2) is 22.2 Å². The molecule has 7 nitrogen and oxygen atoms in total. The van der Waals surface area contributed by atoms with Crippen molar-refractivity contribution in [1.29, 1.82) is 0 Å². The van der Waals surface area contributed by atoms with Gasteiger partial charge in [-0.2, -0.15) is 18.3 Å². The highest BCUT2D eigenvalue weighted by molar-refractivity contribution is 7.88. The number of amides is 1. The standard InChI is InChI=1S/C24H25ClF4N4O3S/c1-13(16-8-9-19(20(26)10-16)15(3)32-37(4,35)36)23(34)30-12-21-14(2)22(24(27,28)29)31-33(21)18-7-5-6-17(25)11-18/h5-11,13,15,32H,12H2,1-4H3,(H,30,34). The zero-order chi connectivity index (χ0) is 27.7. The Labute approximate surface area is 216 Å². The molecule has 0 radical (unpaired) electrons. The van der Waals surface area contributed by atoms with Crippen LogP contribution in [0.15, 0.2) is 42.5 Å². The Bertz CT molecular complexity index is 1420. The molecule has 0 spiro atoms. The summed E-state index contributed by atoms with van der Waals surface area (Å²) in [7, 11) is -3.56. The zero-order valence-electron chi connectivity index (χ0n) is 20.3. The van der Waals surface area contributed by atoms with E-state index in [0.29, 0.717) is 10.6 Å².